The van der Waals surface area contributed by atoms with E-state index in [4.69, 9.17) is 22.1 Å². The molecule has 2 rings (SSSR count). The Balaban J connectivity index is 2.40. The van der Waals surface area contributed by atoms with Crippen LogP contribution in [0.2, 0.25) is 5.28 Å². The number of aromatic nitrogens is 2. The van der Waals surface area contributed by atoms with Crippen LogP contribution in [0.1, 0.15) is 5.69 Å². The Kier molecular flexibility index (Phi) is 3.68. The summed E-state index contributed by atoms with van der Waals surface area (Å²) in [6.07, 6.45) is 0. The molecule has 1 aromatic carbocycles. The molecule has 0 spiro atoms. The van der Waals surface area contributed by atoms with Crippen LogP contribution in [0.25, 0.3) is 0 Å². The molecule has 0 bridgehead atoms. The molecule has 1 aromatic heterocycles. The van der Waals surface area contributed by atoms with Crippen molar-refractivity contribution in [1.29, 1.82) is 0 Å². The van der Waals surface area contributed by atoms with Crippen molar-refractivity contribution in [2.24, 2.45) is 0 Å². The maximum absolute atomic E-state index is 13.6. The van der Waals surface area contributed by atoms with Crippen molar-refractivity contribution in [2.75, 3.05) is 5.73 Å². The van der Waals surface area contributed by atoms with Crippen molar-refractivity contribution in [1.82, 2.24) is 9.97 Å². The van der Waals surface area contributed by atoms with Crippen LogP contribution < -0.4 is 10.5 Å². The lowest BCUT2D eigenvalue weighted by molar-refractivity contribution is 0.428. The zero-order valence-corrected chi connectivity index (χ0v) is 11.6. The van der Waals surface area contributed by atoms with Gasteiger partial charge in [-0.2, -0.15) is 4.98 Å². The first kappa shape index (κ1) is 13.0. The lowest BCUT2D eigenvalue weighted by Gasteiger charge is -2.09. The average molecular weight is 333 g/mol. The topological polar surface area (TPSA) is 61.0 Å². The number of halogens is 3. The van der Waals surface area contributed by atoms with Crippen molar-refractivity contribution in [2.45, 2.75) is 6.92 Å². The molecule has 0 aliphatic rings. The highest BCUT2D eigenvalue weighted by atomic mass is 79.9. The number of ether oxygens (including phenoxy) is 1. The number of hydrogen-bond acceptors (Lipinski definition) is 4. The van der Waals surface area contributed by atoms with E-state index in [0.29, 0.717) is 10.2 Å². The molecule has 0 aliphatic heterocycles. The summed E-state index contributed by atoms with van der Waals surface area (Å²) in [4.78, 5) is 7.68. The van der Waals surface area contributed by atoms with E-state index in [2.05, 4.69) is 25.9 Å². The second-order valence-corrected chi connectivity index (χ2v) is 4.73. The Hall–Kier alpha value is -1.40. The summed E-state index contributed by atoms with van der Waals surface area (Å²) in [6.45, 7) is 1.66. The molecule has 0 aliphatic carbocycles. The first-order chi connectivity index (χ1) is 8.47. The molecular weight excluding hydrogens is 324 g/mol. The van der Waals surface area contributed by atoms with Gasteiger partial charge in [-0.05, 0) is 36.7 Å². The van der Waals surface area contributed by atoms with Gasteiger partial charge < -0.3 is 10.5 Å². The number of nitrogen functional groups attached to an aromatic ring is 1. The average Bonchev–Trinajstić information content (AvgIpc) is 2.29. The van der Waals surface area contributed by atoms with Crippen LogP contribution in [-0.2, 0) is 0 Å². The fourth-order valence-corrected chi connectivity index (χ4v) is 1.80. The van der Waals surface area contributed by atoms with Crippen molar-refractivity contribution in [3.8, 4) is 11.6 Å². The molecule has 94 valence electrons. The monoisotopic (exact) mass is 331 g/mol. The zero-order valence-electron chi connectivity index (χ0n) is 9.25. The van der Waals surface area contributed by atoms with Gasteiger partial charge in [0.25, 0.3) is 0 Å². The van der Waals surface area contributed by atoms with Crippen LogP contribution in [-0.4, -0.2) is 9.97 Å². The fourth-order valence-electron chi connectivity index (χ4n) is 1.26. The maximum atomic E-state index is 13.6. The van der Waals surface area contributed by atoms with Gasteiger partial charge in [-0.25, -0.2) is 9.37 Å². The predicted octanol–water partition coefficient (Wildman–Crippen LogP) is 3.71. The molecule has 0 atom stereocenters. The van der Waals surface area contributed by atoms with Crippen molar-refractivity contribution in [3.63, 3.8) is 0 Å². The van der Waals surface area contributed by atoms with Crippen molar-refractivity contribution in [3.05, 3.63) is 39.5 Å². The van der Waals surface area contributed by atoms with Gasteiger partial charge in [0.1, 0.15) is 5.69 Å². The highest BCUT2D eigenvalue weighted by molar-refractivity contribution is 9.10. The van der Waals surface area contributed by atoms with Gasteiger partial charge in [0.05, 0.1) is 5.69 Å². The molecule has 0 saturated heterocycles. The maximum Gasteiger partial charge on any atom is 0.247 e. The van der Waals surface area contributed by atoms with E-state index < -0.39 is 5.82 Å². The summed E-state index contributed by atoms with van der Waals surface area (Å²) in [5.74, 6) is -0.482. The van der Waals surface area contributed by atoms with Crippen LogP contribution >= 0.6 is 27.5 Å². The van der Waals surface area contributed by atoms with Crippen LogP contribution in [0.4, 0.5) is 10.1 Å². The Morgan fingerprint density at radius 1 is 1.39 bits per heavy atom. The second-order valence-electron chi connectivity index (χ2n) is 3.47. The van der Waals surface area contributed by atoms with Crippen LogP contribution in [0.5, 0.6) is 11.6 Å². The molecule has 0 amide bonds. The number of rotatable bonds is 2. The fraction of sp³-hybridized carbons (Fsp3) is 0.0909. The lowest BCUT2D eigenvalue weighted by Crippen LogP contribution is -2.01. The van der Waals surface area contributed by atoms with E-state index in [0.717, 1.165) is 0 Å². The van der Waals surface area contributed by atoms with Crippen LogP contribution in [0.3, 0.4) is 0 Å². The Morgan fingerprint density at radius 3 is 2.78 bits per heavy atom. The summed E-state index contributed by atoms with van der Waals surface area (Å²) in [6, 6.07) is 4.38. The Bertz CT molecular complexity index is 609. The number of aryl methyl sites for hydroxylation is 1. The van der Waals surface area contributed by atoms with Crippen molar-refractivity contribution < 1.29 is 9.13 Å². The van der Waals surface area contributed by atoms with Crippen LogP contribution in [0, 0.1) is 12.7 Å². The largest absolute Gasteiger partial charge is 0.434 e. The molecule has 4 nitrogen and oxygen atoms in total. The minimum absolute atomic E-state index is 0.00535. The third-order valence-electron chi connectivity index (χ3n) is 2.17. The summed E-state index contributed by atoms with van der Waals surface area (Å²) < 4.78 is 19.5. The van der Waals surface area contributed by atoms with Gasteiger partial charge in [0, 0.05) is 4.47 Å². The van der Waals surface area contributed by atoms with Gasteiger partial charge >= 0.3 is 0 Å². The summed E-state index contributed by atoms with van der Waals surface area (Å²) in [5.41, 5.74) is 6.44. The van der Waals surface area contributed by atoms with E-state index in [1.165, 1.54) is 12.1 Å². The number of hydrogen-bond donors (Lipinski definition) is 1. The second kappa shape index (κ2) is 5.07. The minimum atomic E-state index is -0.531. The summed E-state index contributed by atoms with van der Waals surface area (Å²) in [7, 11) is 0. The van der Waals surface area contributed by atoms with Crippen molar-refractivity contribution >= 4 is 33.2 Å². The van der Waals surface area contributed by atoms with E-state index >= 15 is 0 Å². The third-order valence-corrected chi connectivity index (χ3v) is 2.84. The molecular formula is C11H8BrClFN3O. The number of nitrogens with zero attached hydrogens (tertiary/aromatic N) is 2. The Morgan fingerprint density at radius 2 is 2.11 bits per heavy atom. The molecule has 0 fully saturated rings. The zero-order chi connectivity index (χ0) is 13.3. The van der Waals surface area contributed by atoms with E-state index in [1.54, 1.807) is 13.0 Å². The first-order valence-corrected chi connectivity index (χ1v) is 6.07. The molecule has 2 N–H and O–H groups in total. The number of anilines is 1. The quantitative estimate of drug-likeness (QED) is 0.852. The smallest absolute Gasteiger partial charge is 0.247 e. The molecule has 18 heavy (non-hydrogen) atoms. The summed E-state index contributed by atoms with van der Waals surface area (Å²) >= 11 is 8.85. The first-order valence-electron chi connectivity index (χ1n) is 4.90. The normalized spacial score (nSPS) is 10.4. The minimum Gasteiger partial charge on any atom is -0.434 e. The van der Waals surface area contributed by atoms with E-state index in [9.17, 15) is 4.39 Å². The molecule has 0 saturated carbocycles. The van der Waals surface area contributed by atoms with E-state index in [-0.39, 0.29) is 22.6 Å². The highest BCUT2D eigenvalue weighted by Crippen LogP contribution is 2.30. The molecule has 7 heteroatoms. The van der Waals surface area contributed by atoms with Gasteiger partial charge in [-0.3, -0.25) is 0 Å². The third kappa shape index (κ3) is 2.70. The van der Waals surface area contributed by atoms with Crippen LogP contribution in [0.15, 0.2) is 22.7 Å². The standard InChI is InChI=1S/C11H8BrClFN3O/c1-5-9(15)10(17-11(13)16-5)18-8-3-2-6(12)4-7(8)14/h2-4H,15H2,1H3. The molecule has 0 radical (unpaired) electrons. The molecule has 2 aromatic rings. The predicted molar refractivity (Wildman–Crippen MR) is 70.4 cm³/mol. The Labute approximate surface area is 116 Å². The lowest BCUT2D eigenvalue weighted by atomic mass is 10.3. The SMILES string of the molecule is Cc1nc(Cl)nc(Oc2ccc(Br)cc2F)c1N. The highest BCUT2D eigenvalue weighted by Gasteiger charge is 2.12. The summed E-state index contributed by atoms with van der Waals surface area (Å²) in [5, 5.41) is -0.00535. The number of nitrogens with two attached hydrogens (primary N) is 1. The number of benzene rings is 1. The van der Waals surface area contributed by atoms with Gasteiger partial charge in [0.15, 0.2) is 11.6 Å². The molecule has 1 heterocycles. The van der Waals surface area contributed by atoms with Gasteiger partial charge in [0.2, 0.25) is 11.2 Å². The van der Waals surface area contributed by atoms with E-state index in [1.807, 2.05) is 0 Å². The van der Waals surface area contributed by atoms with Gasteiger partial charge in [-0.1, -0.05) is 15.9 Å². The van der Waals surface area contributed by atoms with Gasteiger partial charge in [-0.15, -0.1) is 0 Å². The molecule has 0 unspecified atom stereocenters.